The zero-order valence-electron chi connectivity index (χ0n) is 19.1. The van der Waals surface area contributed by atoms with Crippen LogP contribution in [0.2, 0.25) is 0 Å². The molecule has 3 aromatic rings. The number of piperazine rings is 1. The van der Waals surface area contributed by atoms with Crippen molar-refractivity contribution in [3.05, 3.63) is 99.5 Å². The van der Waals surface area contributed by atoms with E-state index < -0.39 is 10.0 Å². The molecule has 1 saturated heterocycles. The zero-order chi connectivity index (χ0) is 25.0. The van der Waals surface area contributed by atoms with E-state index in [1.165, 1.54) is 10.5 Å². The minimum atomic E-state index is -3.66. The maximum atomic E-state index is 13.2. The fraction of sp³-hybridized carbons (Fsp3) is 0.192. The summed E-state index contributed by atoms with van der Waals surface area (Å²) in [6, 6.07) is 17.9. The zero-order valence-corrected chi connectivity index (χ0v) is 21.5. The molecule has 1 amide bonds. The number of allylic oxidation sites excluding steroid dienone is 3. The van der Waals surface area contributed by atoms with E-state index >= 15 is 0 Å². The van der Waals surface area contributed by atoms with E-state index in [0.29, 0.717) is 18.7 Å². The molecular weight excluding hydrogens is 530 g/mol. The lowest BCUT2D eigenvalue weighted by molar-refractivity contribution is 0.0698. The van der Waals surface area contributed by atoms with Crippen molar-refractivity contribution in [1.29, 1.82) is 0 Å². The first-order valence-electron chi connectivity index (χ1n) is 11.1. The van der Waals surface area contributed by atoms with Gasteiger partial charge in [-0.25, -0.2) is 8.42 Å². The van der Waals surface area contributed by atoms with E-state index in [2.05, 4.69) is 21.1 Å². The van der Waals surface area contributed by atoms with Crippen molar-refractivity contribution in [2.75, 3.05) is 26.2 Å². The minimum absolute atomic E-state index is 0.142. The van der Waals surface area contributed by atoms with Gasteiger partial charge < -0.3 is 4.90 Å². The summed E-state index contributed by atoms with van der Waals surface area (Å²) in [6.07, 6.45) is 4.64. The van der Waals surface area contributed by atoms with Crippen molar-refractivity contribution in [3.8, 4) is 0 Å². The number of hydrogen-bond donors (Lipinski definition) is 0. The summed E-state index contributed by atoms with van der Waals surface area (Å²) in [7, 11) is -3.66. The number of fused-ring (bicyclic) bond motifs is 1. The lowest BCUT2D eigenvalue weighted by Gasteiger charge is -2.34. The number of benzene rings is 3. The van der Waals surface area contributed by atoms with Crippen molar-refractivity contribution in [1.82, 2.24) is 9.21 Å². The van der Waals surface area contributed by atoms with Crippen LogP contribution in [-0.2, 0) is 10.0 Å². The fourth-order valence-electron chi connectivity index (χ4n) is 4.09. The Balaban J connectivity index is 1.43. The van der Waals surface area contributed by atoms with Crippen molar-refractivity contribution >= 4 is 48.2 Å². The maximum absolute atomic E-state index is 13.2. The summed E-state index contributed by atoms with van der Waals surface area (Å²) < 4.78 is 28.8. The van der Waals surface area contributed by atoms with Gasteiger partial charge in [0.15, 0.2) is 0 Å². The van der Waals surface area contributed by atoms with E-state index in [1.807, 2.05) is 43.3 Å². The molecule has 0 aliphatic carbocycles. The molecule has 7 nitrogen and oxygen atoms in total. The Morgan fingerprint density at radius 1 is 0.914 bits per heavy atom. The van der Waals surface area contributed by atoms with Crippen molar-refractivity contribution in [2.45, 2.75) is 11.8 Å². The molecule has 0 radical (unpaired) electrons. The number of halogens is 1. The lowest BCUT2D eigenvalue weighted by Crippen LogP contribution is -2.50. The van der Waals surface area contributed by atoms with Gasteiger partial charge in [-0.1, -0.05) is 46.3 Å². The molecule has 35 heavy (non-hydrogen) atoms. The van der Waals surface area contributed by atoms with Gasteiger partial charge >= 0.3 is 0 Å². The highest BCUT2D eigenvalue weighted by Crippen LogP contribution is 2.26. The molecule has 1 aliphatic heterocycles. The van der Waals surface area contributed by atoms with Gasteiger partial charge in [-0.15, -0.1) is 4.91 Å². The second kappa shape index (κ2) is 10.6. The molecule has 0 unspecified atom stereocenters. The average Bonchev–Trinajstić information content (AvgIpc) is 2.88. The van der Waals surface area contributed by atoms with E-state index in [-0.39, 0.29) is 23.9 Å². The van der Waals surface area contributed by atoms with Crippen LogP contribution in [0.25, 0.3) is 16.3 Å². The highest BCUT2D eigenvalue weighted by atomic mass is 79.9. The fourth-order valence-corrected chi connectivity index (χ4v) is 5.93. The maximum Gasteiger partial charge on any atom is 0.253 e. The first-order chi connectivity index (χ1) is 16.8. The van der Waals surface area contributed by atoms with Gasteiger partial charge in [0, 0.05) is 36.2 Å². The predicted octanol–water partition coefficient (Wildman–Crippen LogP) is 5.43. The molecule has 0 N–H and O–H groups in total. The summed E-state index contributed by atoms with van der Waals surface area (Å²) in [5.74, 6) is -0.142. The average molecular weight is 554 g/mol. The Morgan fingerprint density at radius 2 is 1.54 bits per heavy atom. The molecule has 0 aromatic heterocycles. The summed E-state index contributed by atoms with van der Waals surface area (Å²) in [4.78, 5) is 25.3. The largest absolute Gasteiger partial charge is 0.336 e. The van der Waals surface area contributed by atoms with Crippen LogP contribution in [0.1, 0.15) is 22.8 Å². The molecule has 0 bridgehead atoms. The van der Waals surface area contributed by atoms with Crippen LogP contribution in [0.15, 0.2) is 93.6 Å². The third-order valence-corrected chi connectivity index (χ3v) is 8.42. The Labute approximate surface area is 212 Å². The molecule has 180 valence electrons. The van der Waals surface area contributed by atoms with Gasteiger partial charge in [0.05, 0.1) is 11.1 Å². The molecule has 1 aliphatic rings. The molecular formula is C26H24BrN3O4S. The van der Waals surface area contributed by atoms with Gasteiger partial charge in [0.1, 0.15) is 0 Å². The third-order valence-electron chi connectivity index (χ3n) is 6.03. The van der Waals surface area contributed by atoms with Gasteiger partial charge in [0.2, 0.25) is 10.0 Å². The van der Waals surface area contributed by atoms with Gasteiger partial charge in [-0.2, -0.15) is 4.31 Å². The molecule has 0 saturated carbocycles. The van der Waals surface area contributed by atoms with Crippen LogP contribution < -0.4 is 0 Å². The van der Waals surface area contributed by atoms with Crippen LogP contribution in [0.3, 0.4) is 0 Å². The monoisotopic (exact) mass is 553 g/mol. The molecule has 1 fully saturated rings. The smallest absolute Gasteiger partial charge is 0.253 e. The topological polar surface area (TPSA) is 87.1 Å². The summed E-state index contributed by atoms with van der Waals surface area (Å²) in [5.41, 5.74) is 2.21. The second-order valence-electron chi connectivity index (χ2n) is 8.09. The highest BCUT2D eigenvalue weighted by Gasteiger charge is 2.30. The SMILES string of the molecule is C/C=C(\C=C/N=O)c1ccc(C(=O)N2CCN(S(=O)(=O)c3ccc4cc(Br)ccc4c3)CC2)cc1. The normalized spacial score (nSPS) is 15.6. The Morgan fingerprint density at radius 3 is 2.20 bits per heavy atom. The number of hydrogen-bond acceptors (Lipinski definition) is 5. The number of amides is 1. The van der Waals surface area contributed by atoms with E-state index in [1.54, 1.807) is 41.3 Å². The van der Waals surface area contributed by atoms with Crippen molar-refractivity contribution in [3.63, 3.8) is 0 Å². The Hall–Kier alpha value is -3.14. The summed E-state index contributed by atoms with van der Waals surface area (Å²) >= 11 is 3.43. The highest BCUT2D eigenvalue weighted by molar-refractivity contribution is 9.10. The molecule has 9 heteroatoms. The minimum Gasteiger partial charge on any atom is -0.336 e. The summed E-state index contributed by atoms with van der Waals surface area (Å²) in [5, 5.41) is 4.54. The molecule has 3 aromatic carbocycles. The number of nitroso groups, excluding NO2 is 1. The number of nitrogens with zero attached hydrogens (tertiary/aromatic N) is 3. The van der Waals surface area contributed by atoms with Crippen molar-refractivity contribution < 1.29 is 13.2 Å². The van der Waals surface area contributed by atoms with Crippen LogP contribution in [0.4, 0.5) is 0 Å². The first-order valence-corrected chi connectivity index (χ1v) is 13.3. The van der Waals surface area contributed by atoms with Crippen LogP contribution >= 0.6 is 15.9 Å². The lowest BCUT2D eigenvalue weighted by atomic mass is 10.0. The number of rotatable bonds is 6. The molecule has 0 atom stereocenters. The van der Waals surface area contributed by atoms with Gasteiger partial charge in [-0.05, 0) is 76.5 Å². The van der Waals surface area contributed by atoms with Gasteiger partial charge in [-0.3, -0.25) is 4.79 Å². The first kappa shape index (κ1) is 25.0. The number of carbonyl (C=O) groups excluding carboxylic acids is 1. The number of carbonyl (C=O) groups is 1. The molecule has 4 rings (SSSR count). The molecule has 1 heterocycles. The molecule has 0 spiro atoms. The van der Waals surface area contributed by atoms with Crippen LogP contribution in [0, 0.1) is 4.91 Å². The van der Waals surface area contributed by atoms with Crippen molar-refractivity contribution in [2.24, 2.45) is 5.18 Å². The Kier molecular flexibility index (Phi) is 7.59. The van der Waals surface area contributed by atoms with Gasteiger partial charge in [0.25, 0.3) is 5.91 Å². The van der Waals surface area contributed by atoms with Crippen LogP contribution in [0.5, 0.6) is 0 Å². The summed E-state index contributed by atoms with van der Waals surface area (Å²) in [6.45, 7) is 2.95. The standard InChI is InChI=1S/C26H24BrN3O4S/c1-2-19(11-12-28-32)20-3-5-21(6-4-20)26(31)29-13-15-30(16-14-29)35(33,34)25-10-8-22-17-24(27)9-7-23(22)18-25/h2-12,17-18H,13-16H2,1H3/b12-11-,19-2+. The van der Waals surface area contributed by atoms with Crippen LogP contribution in [-0.4, -0.2) is 49.7 Å². The van der Waals surface area contributed by atoms with E-state index in [9.17, 15) is 18.1 Å². The quantitative estimate of drug-likeness (QED) is 0.300. The van der Waals surface area contributed by atoms with E-state index in [0.717, 1.165) is 26.4 Å². The second-order valence-corrected chi connectivity index (χ2v) is 10.9. The predicted molar refractivity (Wildman–Crippen MR) is 141 cm³/mol. The van der Waals surface area contributed by atoms with E-state index in [4.69, 9.17) is 0 Å². The Bertz CT molecular complexity index is 1420. The number of sulfonamides is 1. The third kappa shape index (κ3) is 5.42.